The Balaban J connectivity index is 1.79. The summed E-state index contributed by atoms with van der Waals surface area (Å²) < 4.78 is 5.24. The van der Waals surface area contributed by atoms with Gasteiger partial charge in [-0.2, -0.15) is 0 Å². The van der Waals surface area contributed by atoms with Crippen LogP contribution in [0.3, 0.4) is 0 Å². The topological polar surface area (TPSA) is 29.5 Å². The molecule has 0 N–H and O–H groups in total. The fourth-order valence-electron chi connectivity index (χ4n) is 2.69. The van der Waals surface area contributed by atoms with Crippen LogP contribution in [-0.4, -0.2) is 25.0 Å². The maximum atomic E-state index is 12.5. The number of amides is 1. The van der Waals surface area contributed by atoms with E-state index in [1.54, 1.807) is 43.3 Å². The minimum atomic E-state index is -0.0488. The molecule has 0 heterocycles. The van der Waals surface area contributed by atoms with Gasteiger partial charge in [0.1, 0.15) is 5.75 Å². The lowest BCUT2D eigenvalue weighted by molar-refractivity contribution is 0.0785. The highest BCUT2D eigenvalue weighted by atomic mass is 35.5. The van der Waals surface area contributed by atoms with Crippen LogP contribution in [0.15, 0.2) is 60.7 Å². The molecule has 0 atom stereocenters. The number of ether oxygens (including phenoxy) is 1. The van der Waals surface area contributed by atoms with E-state index in [9.17, 15) is 4.79 Å². The number of nitrogens with zero attached hydrogens (tertiary/aromatic N) is 1. The number of halogens is 1. The number of fused-ring (bicyclic) bond motifs is 1. The van der Waals surface area contributed by atoms with Gasteiger partial charge in [0, 0.05) is 24.2 Å². The van der Waals surface area contributed by atoms with Gasteiger partial charge >= 0.3 is 0 Å². The van der Waals surface area contributed by atoms with Gasteiger partial charge in [-0.15, -0.1) is 0 Å². The molecular formula is C20H18ClNO2. The number of carbonyl (C=O) groups excluding carboxylic acids is 1. The summed E-state index contributed by atoms with van der Waals surface area (Å²) in [6.07, 6.45) is 0. The molecule has 0 radical (unpaired) electrons. The molecule has 1 amide bonds. The Morgan fingerprint density at radius 2 is 1.79 bits per heavy atom. The lowest BCUT2D eigenvalue weighted by Crippen LogP contribution is -2.26. The number of benzene rings is 3. The van der Waals surface area contributed by atoms with Crippen LogP contribution in [0, 0.1) is 0 Å². The van der Waals surface area contributed by atoms with Crippen LogP contribution in [0.2, 0.25) is 5.02 Å². The van der Waals surface area contributed by atoms with Crippen LogP contribution < -0.4 is 4.74 Å². The van der Waals surface area contributed by atoms with Gasteiger partial charge in [0.2, 0.25) is 0 Å². The van der Waals surface area contributed by atoms with Crippen molar-refractivity contribution in [3.8, 4) is 5.75 Å². The van der Waals surface area contributed by atoms with Crippen molar-refractivity contribution in [3.63, 3.8) is 0 Å². The Hall–Kier alpha value is -2.52. The first kappa shape index (κ1) is 16.3. The molecule has 122 valence electrons. The first-order valence-electron chi connectivity index (χ1n) is 7.64. The molecule has 0 spiro atoms. The van der Waals surface area contributed by atoms with E-state index in [2.05, 4.69) is 6.07 Å². The van der Waals surface area contributed by atoms with Crippen LogP contribution in [0.1, 0.15) is 15.9 Å². The van der Waals surface area contributed by atoms with Crippen molar-refractivity contribution < 1.29 is 9.53 Å². The average Bonchev–Trinajstić information content (AvgIpc) is 2.60. The second kappa shape index (κ2) is 6.93. The van der Waals surface area contributed by atoms with Crippen LogP contribution in [0.25, 0.3) is 10.8 Å². The van der Waals surface area contributed by atoms with Crippen LogP contribution >= 0.6 is 11.6 Å². The monoisotopic (exact) mass is 339 g/mol. The molecule has 0 unspecified atom stereocenters. The van der Waals surface area contributed by atoms with Gasteiger partial charge in [0.05, 0.1) is 7.11 Å². The summed E-state index contributed by atoms with van der Waals surface area (Å²) in [4.78, 5) is 14.2. The third-order valence-corrected chi connectivity index (χ3v) is 4.18. The fourth-order valence-corrected chi connectivity index (χ4v) is 2.88. The summed E-state index contributed by atoms with van der Waals surface area (Å²) in [7, 11) is 3.45. The van der Waals surface area contributed by atoms with Gasteiger partial charge in [0.25, 0.3) is 5.91 Å². The average molecular weight is 340 g/mol. The third-order valence-electron chi connectivity index (χ3n) is 3.95. The van der Waals surface area contributed by atoms with E-state index in [0.29, 0.717) is 17.1 Å². The molecule has 24 heavy (non-hydrogen) atoms. The van der Waals surface area contributed by atoms with Crippen LogP contribution in [-0.2, 0) is 6.54 Å². The summed E-state index contributed by atoms with van der Waals surface area (Å²) >= 11 is 5.96. The zero-order valence-corrected chi connectivity index (χ0v) is 14.4. The van der Waals surface area contributed by atoms with E-state index in [1.807, 2.05) is 30.3 Å². The Labute approximate surface area is 146 Å². The fraction of sp³-hybridized carbons (Fsp3) is 0.150. The Bertz CT molecular complexity index is 892. The normalized spacial score (nSPS) is 10.6. The zero-order valence-electron chi connectivity index (χ0n) is 13.6. The van der Waals surface area contributed by atoms with Crippen molar-refractivity contribution in [3.05, 3.63) is 76.8 Å². The Kier molecular flexibility index (Phi) is 4.72. The minimum absolute atomic E-state index is 0.0488. The molecule has 0 aromatic heterocycles. The molecule has 0 bridgehead atoms. The predicted molar refractivity (Wildman–Crippen MR) is 97.7 cm³/mol. The largest absolute Gasteiger partial charge is 0.497 e. The van der Waals surface area contributed by atoms with Crippen molar-refractivity contribution in [2.24, 2.45) is 0 Å². The van der Waals surface area contributed by atoms with E-state index in [-0.39, 0.29) is 5.91 Å². The van der Waals surface area contributed by atoms with Crippen molar-refractivity contribution in [1.82, 2.24) is 4.90 Å². The molecule has 3 aromatic carbocycles. The number of rotatable bonds is 4. The third kappa shape index (κ3) is 3.52. The quantitative estimate of drug-likeness (QED) is 0.685. The van der Waals surface area contributed by atoms with Gasteiger partial charge < -0.3 is 9.64 Å². The second-order valence-corrected chi connectivity index (χ2v) is 6.16. The SMILES string of the molecule is COc1ccc2cc(CN(C)C(=O)c3cccc(Cl)c3)ccc2c1. The molecule has 4 heteroatoms. The molecule has 3 aromatic rings. The lowest BCUT2D eigenvalue weighted by atomic mass is 10.1. The zero-order chi connectivity index (χ0) is 17.1. The molecule has 0 aliphatic heterocycles. The molecular weight excluding hydrogens is 322 g/mol. The number of methoxy groups -OCH3 is 1. The number of hydrogen-bond acceptors (Lipinski definition) is 2. The summed E-state index contributed by atoms with van der Waals surface area (Å²) in [5.74, 6) is 0.788. The standard InChI is InChI=1S/C20H18ClNO2/c1-22(20(23)17-4-3-5-18(21)11-17)13-14-6-7-16-12-19(24-2)9-8-15(16)10-14/h3-12H,13H2,1-2H3. The highest BCUT2D eigenvalue weighted by molar-refractivity contribution is 6.30. The summed E-state index contributed by atoms with van der Waals surface area (Å²) in [5.41, 5.74) is 1.67. The highest BCUT2D eigenvalue weighted by Crippen LogP contribution is 2.22. The van der Waals surface area contributed by atoms with E-state index >= 15 is 0 Å². The molecule has 0 aliphatic carbocycles. The van der Waals surface area contributed by atoms with Crippen LogP contribution in [0.4, 0.5) is 0 Å². The van der Waals surface area contributed by atoms with Gasteiger partial charge in [-0.05, 0) is 52.7 Å². The van der Waals surface area contributed by atoms with Gasteiger partial charge in [0.15, 0.2) is 0 Å². The summed E-state index contributed by atoms with van der Waals surface area (Å²) in [6.45, 7) is 0.535. The first-order valence-corrected chi connectivity index (χ1v) is 8.02. The summed E-state index contributed by atoms with van der Waals surface area (Å²) in [6, 6.07) is 19.1. The van der Waals surface area contributed by atoms with Crippen molar-refractivity contribution >= 4 is 28.3 Å². The van der Waals surface area contributed by atoms with Crippen molar-refractivity contribution in [2.75, 3.05) is 14.2 Å². The van der Waals surface area contributed by atoms with Gasteiger partial charge in [-0.1, -0.05) is 35.9 Å². The highest BCUT2D eigenvalue weighted by Gasteiger charge is 2.12. The summed E-state index contributed by atoms with van der Waals surface area (Å²) in [5, 5.41) is 2.80. The lowest BCUT2D eigenvalue weighted by Gasteiger charge is -2.18. The Morgan fingerprint density at radius 3 is 2.54 bits per heavy atom. The first-order chi connectivity index (χ1) is 11.6. The predicted octanol–water partition coefficient (Wildman–Crippen LogP) is 4.77. The number of carbonyl (C=O) groups is 1. The maximum Gasteiger partial charge on any atom is 0.253 e. The van der Waals surface area contributed by atoms with E-state index in [1.165, 1.54) is 0 Å². The van der Waals surface area contributed by atoms with Gasteiger partial charge in [-0.25, -0.2) is 0 Å². The van der Waals surface area contributed by atoms with E-state index in [0.717, 1.165) is 22.1 Å². The molecule has 0 saturated heterocycles. The van der Waals surface area contributed by atoms with E-state index < -0.39 is 0 Å². The minimum Gasteiger partial charge on any atom is -0.497 e. The molecule has 0 fully saturated rings. The Morgan fingerprint density at radius 1 is 1.04 bits per heavy atom. The maximum absolute atomic E-state index is 12.5. The number of hydrogen-bond donors (Lipinski definition) is 0. The molecule has 3 nitrogen and oxygen atoms in total. The van der Waals surface area contributed by atoms with Gasteiger partial charge in [-0.3, -0.25) is 4.79 Å². The molecule has 0 saturated carbocycles. The molecule has 3 rings (SSSR count). The molecule has 0 aliphatic rings. The van der Waals surface area contributed by atoms with Crippen LogP contribution in [0.5, 0.6) is 5.75 Å². The van der Waals surface area contributed by atoms with Crippen molar-refractivity contribution in [1.29, 1.82) is 0 Å². The second-order valence-electron chi connectivity index (χ2n) is 5.72. The smallest absolute Gasteiger partial charge is 0.253 e. The van der Waals surface area contributed by atoms with E-state index in [4.69, 9.17) is 16.3 Å². The van der Waals surface area contributed by atoms with Crippen molar-refractivity contribution in [2.45, 2.75) is 6.54 Å².